The normalized spacial score (nSPS) is 14.4. The first-order valence-electron chi connectivity index (χ1n) is 12.0. The Balaban J connectivity index is 1.20. The van der Waals surface area contributed by atoms with Gasteiger partial charge >= 0.3 is 0 Å². The van der Waals surface area contributed by atoms with Gasteiger partial charge in [-0.05, 0) is 42.5 Å². The molecule has 0 radical (unpaired) electrons. The molecule has 0 saturated carbocycles. The van der Waals surface area contributed by atoms with E-state index in [0.29, 0.717) is 37.1 Å². The molecule has 7 nitrogen and oxygen atoms in total. The summed E-state index contributed by atoms with van der Waals surface area (Å²) in [7, 11) is -3.22. The minimum atomic E-state index is -3.22. The number of hydrogen-bond donors (Lipinski definition) is 0. The van der Waals surface area contributed by atoms with E-state index in [1.165, 1.54) is 6.26 Å². The van der Waals surface area contributed by atoms with E-state index >= 15 is 0 Å². The van der Waals surface area contributed by atoms with Gasteiger partial charge in [-0.1, -0.05) is 42.5 Å². The Kier molecular flexibility index (Phi) is 8.15. The molecule has 1 aliphatic heterocycles. The van der Waals surface area contributed by atoms with Crippen molar-refractivity contribution in [3.05, 3.63) is 78.5 Å². The molecule has 1 saturated heterocycles. The van der Waals surface area contributed by atoms with Crippen LogP contribution in [-0.4, -0.2) is 55.9 Å². The van der Waals surface area contributed by atoms with Crippen molar-refractivity contribution in [3.8, 4) is 17.0 Å². The fourth-order valence-electron chi connectivity index (χ4n) is 4.23. The van der Waals surface area contributed by atoms with Crippen molar-refractivity contribution in [1.29, 1.82) is 0 Å². The smallest absolute Gasteiger partial charge is 0.223 e. The van der Waals surface area contributed by atoms with Crippen LogP contribution in [0.4, 0.5) is 0 Å². The highest BCUT2D eigenvalue weighted by atomic mass is 32.2. The molecule has 1 amide bonds. The van der Waals surface area contributed by atoms with E-state index in [1.807, 2.05) is 35.2 Å². The Morgan fingerprint density at radius 1 is 0.917 bits per heavy atom. The van der Waals surface area contributed by atoms with Gasteiger partial charge in [-0.25, -0.2) is 13.4 Å². The van der Waals surface area contributed by atoms with E-state index in [-0.39, 0.29) is 29.4 Å². The van der Waals surface area contributed by atoms with Crippen LogP contribution in [0.25, 0.3) is 11.1 Å². The summed E-state index contributed by atoms with van der Waals surface area (Å²) >= 11 is 0. The van der Waals surface area contributed by atoms with E-state index in [9.17, 15) is 18.0 Å². The maximum absolute atomic E-state index is 12.5. The van der Waals surface area contributed by atoms with Crippen molar-refractivity contribution in [3.63, 3.8) is 0 Å². The van der Waals surface area contributed by atoms with Gasteiger partial charge < -0.3 is 9.64 Å². The van der Waals surface area contributed by atoms with Crippen LogP contribution in [0.15, 0.2) is 77.8 Å². The zero-order valence-electron chi connectivity index (χ0n) is 20.3. The molecule has 0 unspecified atom stereocenters. The van der Waals surface area contributed by atoms with Crippen LogP contribution in [0.5, 0.6) is 5.88 Å². The number of amides is 1. The molecule has 4 rings (SSSR count). The van der Waals surface area contributed by atoms with Gasteiger partial charge in [-0.3, -0.25) is 9.59 Å². The van der Waals surface area contributed by atoms with E-state index in [4.69, 9.17) is 4.74 Å². The number of likely N-dealkylation sites (tertiary alicyclic amines) is 1. The Morgan fingerprint density at radius 3 is 2.19 bits per heavy atom. The summed E-state index contributed by atoms with van der Waals surface area (Å²) in [5.74, 6) is 0.895. The molecular formula is C28H30N2O5S. The third-order valence-electron chi connectivity index (χ3n) is 6.45. The predicted molar refractivity (Wildman–Crippen MR) is 138 cm³/mol. The fraction of sp³-hybridized carbons (Fsp3) is 0.321. The maximum atomic E-state index is 12.5. The van der Waals surface area contributed by atoms with Crippen LogP contribution < -0.4 is 4.74 Å². The van der Waals surface area contributed by atoms with Crippen molar-refractivity contribution in [1.82, 2.24) is 9.88 Å². The van der Waals surface area contributed by atoms with Gasteiger partial charge in [0.05, 0.1) is 11.5 Å². The highest BCUT2D eigenvalue weighted by Crippen LogP contribution is 2.24. The number of ether oxygens (including phenoxy) is 1. The molecule has 1 aliphatic rings. The standard InChI is InChI=1S/C28H30N2O5S/c1-36(33,34)25-10-7-22(8-11-25)24-9-13-27(29-19-24)35-20-21-15-17-30(18-16-21)28(32)14-12-26(31)23-5-3-2-4-6-23/h2-11,13,19,21H,12,14-18,20H2,1H3. The summed E-state index contributed by atoms with van der Waals surface area (Å²) in [6.45, 7) is 1.87. The summed E-state index contributed by atoms with van der Waals surface area (Å²) in [5, 5.41) is 0. The fourth-order valence-corrected chi connectivity index (χ4v) is 4.86. The third kappa shape index (κ3) is 6.79. The first-order valence-corrected chi connectivity index (χ1v) is 13.9. The minimum absolute atomic E-state index is 0.00308. The minimum Gasteiger partial charge on any atom is -0.477 e. The average molecular weight is 507 g/mol. The summed E-state index contributed by atoms with van der Waals surface area (Å²) in [6, 6.07) is 19.5. The largest absolute Gasteiger partial charge is 0.477 e. The van der Waals surface area contributed by atoms with Crippen LogP contribution in [-0.2, 0) is 14.6 Å². The van der Waals surface area contributed by atoms with Crippen molar-refractivity contribution < 1.29 is 22.7 Å². The lowest BCUT2D eigenvalue weighted by molar-refractivity contribution is -0.132. The number of pyridine rings is 1. The molecule has 0 N–H and O–H groups in total. The molecule has 0 spiro atoms. The molecule has 2 aromatic carbocycles. The van der Waals surface area contributed by atoms with Crippen LogP contribution in [0.2, 0.25) is 0 Å². The number of aromatic nitrogens is 1. The van der Waals surface area contributed by atoms with Gasteiger partial charge in [0, 0.05) is 55.6 Å². The highest BCUT2D eigenvalue weighted by molar-refractivity contribution is 7.90. The summed E-state index contributed by atoms with van der Waals surface area (Å²) < 4.78 is 29.1. The molecule has 0 atom stereocenters. The molecule has 1 aromatic heterocycles. The van der Waals surface area contributed by atoms with E-state index in [1.54, 1.807) is 42.6 Å². The number of piperidine rings is 1. The Hall–Kier alpha value is -3.52. The third-order valence-corrected chi connectivity index (χ3v) is 7.58. The lowest BCUT2D eigenvalue weighted by Gasteiger charge is -2.31. The Morgan fingerprint density at radius 2 is 1.58 bits per heavy atom. The van der Waals surface area contributed by atoms with Crippen LogP contribution in [0.3, 0.4) is 0 Å². The molecule has 188 valence electrons. The lowest BCUT2D eigenvalue weighted by atomic mass is 9.97. The van der Waals surface area contributed by atoms with Gasteiger partial charge in [0.25, 0.3) is 0 Å². The topological polar surface area (TPSA) is 93.6 Å². The van der Waals surface area contributed by atoms with E-state index < -0.39 is 9.84 Å². The number of nitrogens with zero attached hydrogens (tertiary/aromatic N) is 2. The van der Waals surface area contributed by atoms with Gasteiger partial charge in [0.2, 0.25) is 11.8 Å². The first kappa shape index (κ1) is 25.6. The number of carbonyl (C=O) groups is 2. The van der Waals surface area contributed by atoms with Crippen molar-refractivity contribution in [2.24, 2.45) is 5.92 Å². The molecular weight excluding hydrogens is 476 g/mol. The Bertz CT molecular complexity index is 1280. The maximum Gasteiger partial charge on any atom is 0.223 e. The van der Waals surface area contributed by atoms with Gasteiger partial charge in [-0.2, -0.15) is 0 Å². The quantitative estimate of drug-likeness (QED) is 0.399. The van der Waals surface area contributed by atoms with E-state index in [0.717, 1.165) is 24.0 Å². The second-order valence-corrected chi connectivity index (χ2v) is 11.1. The van der Waals surface area contributed by atoms with Crippen molar-refractivity contribution in [2.45, 2.75) is 30.6 Å². The molecule has 1 fully saturated rings. The van der Waals surface area contributed by atoms with Crippen LogP contribution >= 0.6 is 0 Å². The Labute approximate surface area is 212 Å². The summed E-state index contributed by atoms with van der Waals surface area (Å²) in [6.07, 6.45) is 5.07. The predicted octanol–water partition coefficient (Wildman–Crippen LogP) is 4.43. The molecule has 0 aliphatic carbocycles. The molecule has 2 heterocycles. The molecule has 0 bridgehead atoms. The number of sulfone groups is 1. The second-order valence-electron chi connectivity index (χ2n) is 9.11. The number of hydrogen-bond acceptors (Lipinski definition) is 6. The second kappa shape index (κ2) is 11.5. The van der Waals surface area contributed by atoms with Crippen molar-refractivity contribution >= 4 is 21.5 Å². The molecule has 3 aromatic rings. The SMILES string of the molecule is CS(=O)(=O)c1ccc(-c2ccc(OCC3CCN(C(=O)CCC(=O)c4ccccc4)CC3)nc2)cc1. The number of carbonyl (C=O) groups excluding carboxylic acids is 2. The van der Waals surface area contributed by atoms with Crippen LogP contribution in [0, 0.1) is 5.92 Å². The average Bonchev–Trinajstić information content (AvgIpc) is 2.91. The van der Waals surface area contributed by atoms with E-state index in [2.05, 4.69) is 4.98 Å². The monoisotopic (exact) mass is 506 g/mol. The van der Waals surface area contributed by atoms with Crippen LogP contribution in [0.1, 0.15) is 36.0 Å². The zero-order chi connectivity index (χ0) is 25.5. The number of Topliss-reactive ketones (excluding diaryl/α,β-unsaturated/α-hetero) is 1. The lowest BCUT2D eigenvalue weighted by Crippen LogP contribution is -2.39. The molecule has 8 heteroatoms. The van der Waals surface area contributed by atoms with Crippen molar-refractivity contribution in [2.75, 3.05) is 26.0 Å². The highest BCUT2D eigenvalue weighted by Gasteiger charge is 2.23. The summed E-state index contributed by atoms with van der Waals surface area (Å²) in [4.78, 5) is 31.3. The summed E-state index contributed by atoms with van der Waals surface area (Å²) in [5.41, 5.74) is 2.40. The van der Waals surface area contributed by atoms with Gasteiger partial charge in [-0.15, -0.1) is 0 Å². The number of rotatable bonds is 9. The molecule has 36 heavy (non-hydrogen) atoms. The first-order chi connectivity index (χ1) is 17.3. The van der Waals surface area contributed by atoms with Gasteiger partial charge in [0.1, 0.15) is 0 Å². The number of ketones is 1. The van der Waals surface area contributed by atoms with Gasteiger partial charge in [0.15, 0.2) is 15.6 Å². The number of benzene rings is 2. The zero-order valence-corrected chi connectivity index (χ0v) is 21.1.